The lowest BCUT2D eigenvalue weighted by atomic mass is 10.1. The quantitative estimate of drug-likeness (QED) is 0.847. The third kappa shape index (κ3) is 4.90. The summed E-state index contributed by atoms with van der Waals surface area (Å²) in [5.74, 6) is -0.512. The van der Waals surface area contributed by atoms with Crippen molar-refractivity contribution in [1.29, 1.82) is 0 Å². The first kappa shape index (κ1) is 16.1. The number of carboxylic acid groups (broad SMARTS) is 1. The number of aliphatic carboxylic acids is 1. The van der Waals surface area contributed by atoms with Gasteiger partial charge in [0.05, 0.1) is 11.1 Å². The molecule has 1 aromatic rings. The normalized spacial score (nSPS) is 12.5. The van der Waals surface area contributed by atoms with Crippen LogP contribution in [0.5, 0.6) is 5.75 Å². The fraction of sp³-hybridized carbons (Fsp3) is 0.462. The standard InChI is InChI=1S/C13H17Cl2NO3/c1-7(2)19-11-6-8(5-9(14)12(11)15)3-4-10(16)13(17)18/h5-7,10H,3-4,16H2,1-2H3,(H,17,18). The first-order valence-electron chi connectivity index (χ1n) is 5.94. The van der Waals surface area contributed by atoms with Crippen LogP contribution >= 0.6 is 23.2 Å². The molecule has 0 saturated heterocycles. The second kappa shape index (κ2) is 6.98. The molecular weight excluding hydrogens is 289 g/mol. The van der Waals surface area contributed by atoms with Crippen molar-refractivity contribution in [2.45, 2.75) is 38.8 Å². The van der Waals surface area contributed by atoms with Gasteiger partial charge in [-0.3, -0.25) is 4.79 Å². The highest BCUT2D eigenvalue weighted by molar-refractivity contribution is 6.43. The SMILES string of the molecule is CC(C)Oc1cc(CCC(N)C(=O)O)cc(Cl)c1Cl. The smallest absolute Gasteiger partial charge is 0.320 e. The highest BCUT2D eigenvalue weighted by Gasteiger charge is 2.14. The predicted molar refractivity (Wildman–Crippen MR) is 76.2 cm³/mol. The van der Waals surface area contributed by atoms with Crippen molar-refractivity contribution in [1.82, 2.24) is 0 Å². The van der Waals surface area contributed by atoms with Crippen molar-refractivity contribution >= 4 is 29.2 Å². The van der Waals surface area contributed by atoms with E-state index in [9.17, 15) is 4.79 Å². The van der Waals surface area contributed by atoms with Gasteiger partial charge in [0.25, 0.3) is 0 Å². The first-order chi connectivity index (χ1) is 8.81. The van der Waals surface area contributed by atoms with Gasteiger partial charge in [0, 0.05) is 0 Å². The van der Waals surface area contributed by atoms with Crippen molar-refractivity contribution in [2.75, 3.05) is 0 Å². The average Bonchev–Trinajstić information content (AvgIpc) is 2.31. The van der Waals surface area contributed by atoms with Crippen molar-refractivity contribution in [3.05, 3.63) is 27.7 Å². The zero-order chi connectivity index (χ0) is 14.6. The summed E-state index contributed by atoms with van der Waals surface area (Å²) in [5.41, 5.74) is 6.31. The molecule has 19 heavy (non-hydrogen) atoms. The average molecular weight is 306 g/mol. The number of hydrogen-bond donors (Lipinski definition) is 2. The van der Waals surface area contributed by atoms with Crippen LogP contribution in [0.15, 0.2) is 12.1 Å². The van der Waals surface area contributed by atoms with Gasteiger partial charge in [-0.15, -0.1) is 0 Å². The molecule has 3 N–H and O–H groups in total. The van der Waals surface area contributed by atoms with Crippen molar-refractivity contribution < 1.29 is 14.6 Å². The minimum Gasteiger partial charge on any atom is -0.489 e. The minimum absolute atomic E-state index is 0.0231. The van der Waals surface area contributed by atoms with Gasteiger partial charge in [0.15, 0.2) is 0 Å². The van der Waals surface area contributed by atoms with Gasteiger partial charge in [-0.25, -0.2) is 0 Å². The summed E-state index contributed by atoms with van der Waals surface area (Å²) in [6.45, 7) is 3.77. The van der Waals surface area contributed by atoms with E-state index in [2.05, 4.69) is 0 Å². The van der Waals surface area contributed by atoms with Gasteiger partial charge in [-0.05, 0) is 44.4 Å². The lowest BCUT2D eigenvalue weighted by molar-refractivity contribution is -0.138. The molecule has 0 bridgehead atoms. The second-order valence-corrected chi connectivity index (χ2v) is 5.32. The Morgan fingerprint density at radius 1 is 1.42 bits per heavy atom. The molecule has 0 fully saturated rings. The second-order valence-electron chi connectivity index (χ2n) is 4.54. The molecule has 4 nitrogen and oxygen atoms in total. The Morgan fingerprint density at radius 3 is 2.58 bits per heavy atom. The number of nitrogens with two attached hydrogens (primary N) is 1. The van der Waals surface area contributed by atoms with Crippen LogP contribution in [0.1, 0.15) is 25.8 Å². The van der Waals surface area contributed by atoms with E-state index in [1.54, 1.807) is 12.1 Å². The molecule has 0 amide bonds. The zero-order valence-electron chi connectivity index (χ0n) is 10.8. The Kier molecular flexibility index (Phi) is 5.91. The number of hydrogen-bond acceptors (Lipinski definition) is 3. The Bertz CT molecular complexity index is 463. The third-order valence-electron chi connectivity index (χ3n) is 2.48. The van der Waals surface area contributed by atoms with E-state index in [-0.39, 0.29) is 6.10 Å². The lowest BCUT2D eigenvalue weighted by Crippen LogP contribution is -2.30. The van der Waals surface area contributed by atoms with Crippen LogP contribution in [0.25, 0.3) is 0 Å². The van der Waals surface area contributed by atoms with Crippen molar-refractivity contribution in [3.63, 3.8) is 0 Å². The molecule has 0 aliphatic rings. The molecule has 6 heteroatoms. The first-order valence-corrected chi connectivity index (χ1v) is 6.69. The van der Waals surface area contributed by atoms with E-state index in [0.29, 0.717) is 28.6 Å². The lowest BCUT2D eigenvalue weighted by Gasteiger charge is -2.14. The molecule has 0 radical (unpaired) electrons. The summed E-state index contributed by atoms with van der Waals surface area (Å²) in [6, 6.07) is 2.58. The molecule has 0 aromatic heterocycles. The minimum atomic E-state index is -1.02. The van der Waals surface area contributed by atoms with E-state index in [0.717, 1.165) is 5.56 Å². The van der Waals surface area contributed by atoms with Crippen LogP contribution in [-0.4, -0.2) is 23.2 Å². The molecule has 1 atom stereocenters. The number of benzene rings is 1. The topological polar surface area (TPSA) is 72.5 Å². The number of rotatable bonds is 6. The summed E-state index contributed by atoms with van der Waals surface area (Å²) >= 11 is 12.1. The zero-order valence-corrected chi connectivity index (χ0v) is 12.3. The Morgan fingerprint density at radius 2 is 2.05 bits per heavy atom. The van der Waals surface area contributed by atoms with Gasteiger partial charge in [0.2, 0.25) is 0 Å². The summed E-state index contributed by atoms with van der Waals surface area (Å²) in [7, 11) is 0. The van der Waals surface area contributed by atoms with Gasteiger partial charge in [-0.1, -0.05) is 23.2 Å². The van der Waals surface area contributed by atoms with Crippen molar-refractivity contribution in [2.24, 2.45) is 5.73 Å². The third-order valence-corrected chi connectivity index (χ3v) is 3.26. The molecular formula is C13H17Cl2NO3. The van der Waals surface area contributed by atoms with Gasteiger partial charge < -0.3 is 15.6 Å². The van der Waals surface area contributed by atoms with E-state index in [1.165, 1.54) is 0 Å². The van der Waals surface area contributed by atoms with Gasteiger partial charge >= 0.3 is 5.97 Å². The van der Waals surface area contributed by atoms with E-state index in [1.807, 2.05) is 13.8 Å². The summed E-state index contributed by atoms with van der Waals surface area (Å²) in [4.78, 5) is 10.7. The van der Waals surface area contributed by atoms with Crippen LogP contribution < -0.4 is 10.5 Å². The van der Waals surface area contributed by atoms with E-state index >= 15 is 0 Å². The molecule has 1 rings (SSSR count). The number of aryl methyl sites for hydroxylation is 1. The number of halogens is 2. The van der Waals surface area contributed by atoms with Crippen molar-refractivity contribution in [3.8, 4) is 5.75 Å². The Hall–Kier alpha value is -0.970. The molecule has 106 valence electrons. The predicted octanol–water partition coefficient (Wildman–Crippen LogP) is 3.13. The maximum atomic E-state index is 10.7. The number of carboxylic acids is 1. The Balaban J connectivity index is 2.84. The molecule has 0 aliphatic heterocycles. The maximum absolute atomic E-state index is 10.7. The maximum Gasteiger partial charge on any atom is 0.320 e. The van der Waals surface area contributed by atoms with Crippen LogP contribution in [0, 0.1) is 0 Å². The molecule has 0 heterocycles. The Labute approximate surface area is 122 Å². The van der Waals surface area contributed by atoms with Gasteiger partial charge in [0.1, 0.15) is 16.8 Å². The summed E-state index contributed by atoms with van der Waals surface area (Å²) < 4.78 is 5.56. The molecule has 0 saturated carbocycles. The van der Waals surface area contributed by atoms with E-state index < -0.39 is 12.0 Å². The van der Waals surface area contributed by atoms with E-state index in [4.69, 9.17) is 38.8 Å². The number of carbonyl (C=O) groups is 1. The van der Waals surface area contributed by atoms with Gasteiger partial charge in [-0.2, -0.15) is 0 Å². The van der Waals surface area contributed by atoms with Crippen LogP contribution in [0.2, 0.25) is 10.0 Å². The van der Waals surface area contributed by atoms with Crippen LogP contribution in [-0.2, 0) is 11.2 Å². The van der Waals surface area contributed by atoms with Crippen LogP contribution in [0.3, 0.4) is 0 Å². The number of ether oxygens (including phenoxy) is 1. The summed E-state index contributed by atoms with van der Waals surface area (Å²) in [6.07, 6.45) is 0.804. The highest BCUT2D eigenvalue weighted by Crippen LogP contribution is 2.34. The molecule has 1 aromatic carbocycles. The summed E-state index contributed by atoms with van der Waals surface area (Å²) in [5, 5.41) is 9.49. The van der Waals surface area contributed by atoms with Crippen LogP contribution in [0.4, 0.5) is 0 Å². The molecule has 1 unspecified atom stereocenters. The fourth-order valence-electron chi connectivity index (χ4n) is 1.55. The largest absolute Gasteiger partial charge is 0.489 e. The highest BCUT2D eigenvalue weighted by atomic mass is 35.5. The molecule has 0 spiro atoms. The fourth-order valence-corrected chi connectivity index (χ4v) is 1.93. The monoisotopic (exact) mass is 305 g/mol. The molecule has 0 aliphatic carbocycles.